The van der Waals surface area contributed by atoms with Crippen LogP contribution in [0.15, 0.2) is 18.2 Å². The molecule has 0 unspecified atom stereocenters. The molecule has 1 aliphatic rings. The summed E-state index contributed by atoms with van der Waals surface area (Å²) in [6, 6.07) is 6.11. The minimum atomic E-state index is 0.506. The lowest BCUT2D eigenvalue weighted by atomic mass is 10.2. The number of methoxy groups -OCH3 is 2. The van der Waals surface area contributed by atoms with Crippen LogP contribution in [0.5, 0.6) is 11.5 Å². The van der Waals surface area contributed by atoms with E-state index in [1.165, 1.54) is 25.7 Å². The molecule has 1 fully saturated rings. The molecule has 5 heteroatoms. The molecule has 1 aromatic carbocycles. The van der Waals surface area contributed by atoms with Crippen LogP contribution >= 0.6 is 11.6 Å². The first kappa shape index (κ1) is 14.3. The van der Waals surface area contributed by atoms with Gasteiger partial charge in [0.2, 0.25) is 0 Å². The van der Waals surface area contributed by atoms with Crippen LogP contribution in [-0.2, 0) is 0 Å². The number of nitrogens with one attached hydrogen (secondary N) is 1. The number of nitrogens with zero attached hydrogens (tertiary/aromatic N) is 1. The van der Waals surface area contributed by atoms with Gasteiger partial charge in [0.1, 0.15) is 5.82 Å². The largest absolute Gasteiger partial charge is 0.493 e. The van der Waals surface area contributed by atoms with Crippen molar-refractivity contribution in [3.63, 3.8) is 0 Å². The topological polar surface area (TPSA) is 43.4 Å². The molecule has 0 aliphatic heterocycles. The van der Waals surface area contributed by atoms with Crippen LogP contribution in [0.1, 0.15) is 25.7 Å². The molecule has 1 heterocycles. The van der Waals surface area contributed by atoms with Crippen molar-refractivity contribution in [2.24, 2.45) is 0 Å². The molecule has 1 saturated carbocycles. The maximum atomic E-state index is 6.40. The third-order valence-electron chi connectivity index (χ3n) is 3.97. The van der Waals surface area contributed by atoms with E-state index in [1.807, 2.05) is 18.2 Å². The fourth-order valence-corrected chi connectivity index (χ4v) is 3.12. The number of aromatic nitrogens is 1. The highest BCUT2D eigenvalue weighted by molar-refractivity contribution is 6.35. The molecule has 4 nitrogen and oxygen atoms in total. The van der Waals surface area contributed by atoms with Gasteiger partial charge in [-0.1, -0.05) is 24.4 Å². The van der Waals surface area contributed by atoms with Crippen LogP contribution in [-0.4, -0.2) is 25.2 Å². The zero-order chi connectivity index (χ0) is 14.8. The van der Waals surface area contributed by atoms with Crippen molar-refractivity contribution in [3.05, 3.63) is 23.2 Å². The Hall–Kier alpha value is -1.68. The first-order chi connectivity index (χ1) is 10.2. The molecule has 0 bridgehead atoms. The molecule has 0 amide bonds. The van der Waals surface area contributed by atoms with Crippen LogP contribution in [0.4, 0.5) is 5.82 Å². The average Bonchev–Trinajstić information content (AvgIpc) is 2.99. The van der Waals surface area contributed by atoms with Gasteiger partial charge in [-0.05, 0) is 25.0 Å². The van der Waals surface area contributed by atoms with E-state index in [-0.39, 0.29) is 0 Å². The summed E-state index contributed by atoms with van der Waals surface area (Å²) in [6.45, 7) is 0. The van der Waals surface area contributed by atoms with E-state index in [2.05, 4.69) is 10.3 Å². The fourth-order valence-electron chi connectivity index (χ4n) is 2.87. The normalized spacial score (nSPS) is 15.4. The number of benzene rings is 1. The fraction of sp³-hybridized carbons (Fsp3) is 0.438. The summed E-state index contributed by atoms with van der Waals surface area (Å²) in [5.41, 5.74) is 0.806. The third kappa shape index (κ3) is 2.86. The molecule has 2 aromatic rings. The number of ether oxygens (including phenoxy) is 2. The summed E-state index contributed by atoms with van der Waals surface area (Å²) in [7, 11) is 3.23. The summed E-state index contributed by atoms with van der Waals surface area (Å²) in [5, 5.41) is 5.01. The lowest BCUT2D eigenvalue weighted by molar-refractivity contribution is 0.356. The van der Waals surface area contributed by atoms with Gasteiger partial charge in [0.25, 0.3) is 0 Å². The van der Waals surface area contributed by atoms with Crippen molar-refractivity contribution in [2.45, 2.75) is 31.7 Å². The number of rotatable bonds is 4. The highest BCUT2D eigenvalue weighted by Gasteiger charge is 2.16. The molecule has 0 atom stereocenters. The molecule has 3 rings (SSSR count). The van der Waals surface area contributed by atoms with E-state index in [9.17, 15) is 0 Å². The monoisotopic (exact) mass is 306 g/mol. The Morgan fingerprint density at radius 2 is 1.76 bits per heavy atom. The Morgan fingerprint density at radius 1 is 1.10 bits per heavy atom. The zero-order valence-electron chi connectivity index (χ0n) is 12.3. The van der Waals surface area contributed by atoms with Gasteiger partial charge in [0.05, 0.1) is 24.8 Å². The standard InChI is InChI=1S/C16H19ClN2O2/c1-20-14-7-11-12(17)8-16(18-10-5-3-4-6-10)19-13(11)9-15(14)21-2/h7-10H,3-6H2,1-2H3,(H,18,19). The maximum absolute atomic E-state index is 6.40. The summed E-state index contributed by atoms with van der Waals surface area (Å²) in [6.07, 6.45) is 4.96. The van der Waals surface area contributed by atoms with E-state index >= 15 is 0 Å². The maximum Gasteiger partial charge on any atom is 0.162 e. The molecule has 1 aliphatic carbocycles. The average molecular weight is 307 g/mol. The second-order valence-corrected chi connectivity index (χ2v) is 5.75. The molecule has 1 N–H and O–H groups in total. The predicted molar refractivity (Wildman–Crippen MR) is 85.7 cm³/mol. The summed E-state index contributed by atoms with van der Waals surface area (Å²) >= 11 is 6.40. The smallest absolute Gasteiger partial charge is 0.162 e. The molecule has 112 valence electrons. The second kappa shape index (κ2) is 5.98. The molecular weight excluding hydrogens is 288 g/mol. The van der Waals surface area contributed by atoms with Crippen molar-refractivity contribution >= 4 is 28.3 Å². The van der Waals surface area contributed by atoms with Gasteiger partial charge in [-0.25, -0.2) is 4.98 Å². The minimum absolute atomic E-state index is 0.506. The number of fused-ring (bicyclic) bond motifs is 1. The van der Waals surface area contributed by atoms with E-state index in [4.69, 9.17) is 21.1 Å². The number of anilines is 1. The van der Waals surface area contributed by atoms with E-state index < -0.39 is 0 Å². The number of pyridine rings is 1. The van der Waals surface area contributed by atoms with Crippen molar-refractivity contribution in [1.29, 1.82) is 0 Å². The van der Waals surface area contributed by atoms with Crippen molar-refractivity contribution in [2.75, 3.05) is 19.5 Å². The molecule has 0 saturated heterocycles. The second-order valence-electron chi connectivity index (χ2n) is 5.34. The van der Waals surface area contributed by atoms with E-state index in [0.29, 0.717) is 22.6 Å². The molecular formula is C16H19ClN2O2. The Bertz CT molecular complexity index is 654. The highest BCUT2D eigenvalue weighted by Crippen LogP contribution is 2.36. The summed E-state index contributed by atoms with van der Waals surface area (Å²) in [4.78, 5) is 4.65. The Morgan fingerprint density at radius 3 is 2.43 bits per heavy atom. The van der Waals surface area contributed by atoms with Crippen LogP contribution < -0.4 is 14.8 Å². The van der Waals surface area contributed by atoms with E-state index in [1.54, 1.807) is 14.2 Å². The quantitative estimate of drug-likeness (QED) is 0.916. The van der Waals surface area contributed by atoms with Gasteiger partial charge in [0.15, 0.2) is 11.5 Å². The third-order valence-corrected chi connectivity index (χ3v) is 4.28. The van der Waals surface area contributed by atoms with Gasteiger partial charge in [0, 0.05) is 17.5 Å². The Labute approximate surface area is 129 Å². The van der Waals surface area contributed by atoms with Gasteiger partial charge in [-0.15, -0.1) is 0 Å². The van der Waals surface area contributed by atoms with Gasteiger partial charge in [-0.2, -0.15) is 0 Å². The summed E-state index contributed by atoms with van der Waals surface area (Å²) < 4.78 is 10.6. The van der Waals surface area contributed by atoms with Crippen LogP contribution in [0, 0.1) is 0 Å². The van der Waals surface area contributed by atoms with Crippen LogP contribution in [0.25, 0.3) is 10.9 Å². The lowest BCUT2D eigenvalue weighted by Gasteiger charge is -2.15. The number of halogens is 1. The number of hydrogen-bond acceptors (Lipinski definition) is 4. The predicted octanol–water partition coefficient (Wildman–Crippen LogP) is 4.26. The SMILES string of the molecule is COc1cc2nc(NC3CCCC3)cc(Cl)c2cc1OC. The molecule has 0 spiro atoms. The lowest BCUT2D eigenvalue weighted by Crippen LogP contribution is -2.15. The zero-order valence-corrected chi connectivity index (χ0v) is 13.0. The molecule has 1 aromatic heterocycles. The van der Waals surface area contributed by atoms with Crippen LogP contribution in [0.2, 0.25) is 5.02 Å². The van der Waals surface area contributed by atoms with Crippen molar-refractivity contribution in [1.82, 2.24) is 4.98 Å². The van der Waals surface area contributed by atoms with Gasteiger partial charge in [-0.3, -0.25) is 0 Å². The Kier molecular flexibility index (Phi) is 4.06. The van der Waals surface area contributed by atoms with Gasteiger partial charge < -0.3 is 14.8 Å². The van der Waals surface area contributed by atoms with Crippen molar-refractivity contribution < 1.29 is 9.47 Å². The minimum Gasteiger partial charge on any atom is -0.493 e. The molecule has 0 radical (unpaired) electrons. The number of hydrogen-bond donors (Lipinski definition) is 1. The first-order valence-electron chi connectivity index (χ1n) is 7.20. The Balaban J connectivity index is 2.01. The van der Waals surface area contributed by atoms with Crippen LogP contribution in [0.3, 0.4) is 0 Å². The van der Waals surface area contributed by atoms with E-state index in [0.717, 1.165) is 16.7 Å². The molecule has 21 heavy (non-hydrogen) atoms. The van der Waals surface area contributed by atoms with Gasteiger partial charge >= 0.3 is 0 Å². The highest BCUT2D eigenvalue weighted by atomic mass is 35.5. The first-order valence-corrected chi connectivity index (χ1v) is 7.58. The summed E-state index contributed by atoms with van der Waals surface area (Å²) in [5.74, 6) is 2.14. The van der Waals surface area contributed by atoms with Crippen molar-refractivity contribution in [3.8, 4) is 11.5 Å².